The molecule has 150 valence electrons. The first-order valence-electron chi connectivity index (χ1n) is 10.1. The number of nitrogens with one attached hydrogen (secondary N) is 1. The zero-order valence-corrected chi connectivity index (χ0v) is 18.4. The van der Waals surface area contributed by atoms with E-state index in [1.54, 1.807) is 0 Å². The second-order valence-electron chi connectivity index (χ2n) is 7.47. The number of carbonyl (C=O) groups excluding carboxylic acids is 1. The van der Waals surface area contributed by atoms with E-state index < -0.39 is 0 Å². The summed E-state index contributed by atoms with van der Waals surface area (Å²) in [5, 5.41) is 0.780. The van der Waals surface area contributed by atoms with Crippen molar-refractivity contribution >= 4 is 29.3 Å². The van der Waals surface area contributed by atoms with E-state index in [9.17, 15) is 4.79 Å². The van der Waals surface area contributed by atoms with E-state index in [-0.39, 0.29) is 11.3 Å². The summed E-state index contributed by atoms with van der Waals surface area (Å²) in [6.45, 7) is 7.61. The van der Waals surface area contributed by atoms with Crippen LogP contribution in [0.5, 0.6) is 0 Å². The Morgan fingerprint density at radius 3 is 2.71 bits per heavy atom. The summed E-state index contributed by atoms with van der Waals surface area (Å²) in [6, 6.07) is 16.4. The molecule has 0 bridgehead atoms. The molecular weight excluding hydrogens is 388 g/mol. The van der Waals surface area contributed by atoms with E-state index in [2.05, 4.69) is 38.1 Å². The summed E-state index contributed by atoms with van der Waals surface area (Å²) in [4.78, 5) is 16.6. The number of halogens is 1. The first-order chi connectivity index (χ1) is 13.6. The molecule has 3 rings (SSSR count). The Morgan fingerprint density at radius 1 is 1.21 bits per heavy atom. The molecule has 0 saturated carbocycles. The molecule has 2 aromatic rings. The lowest BCUT2D eigenvalue weighted by molar-refractivity contribution is -0.906. The SMILES string of the molecule is CCCC[NH+](CC(=O)N1CCS[C@H]1c1ccccc1Cl)Cc1ccccc1C. The van der Waals surface area contributed by atoms with Crippen LogP contribution in [0.25, 0.3) is 0 Å². The lowest BCUT2D eigenvalue weighted by atomic mass is 10.1. The number of hydrogen-bond acceptors (Lipinski definition) is 2. The molecule has 2 aromatic carbocycles. The van der Waals surface area contributed by atoms with E-state index in [0.717, 1.165) is 48.8 Å². The fourth-order valence-corrected chi connectivity index (χ4v) is 5.33. The maximum atomic E-state index is 13.2. The summed E-state index contributed by atoms with van der Waals surface area (Å²) < 4.78 is 0. The third-order valence-corrected chi connectivity index (χ3v) is 6.96. The van der Waals surface area contributed by atoms with Gasteiger partial charge in [0.15, 0.2) is 6.54 Å². The van der Waals surface area contributed by atoms with Gasteiger partial charge in [0.1, 0.15) is 11.9 Å². The normalized spacial score (nSPS) is 17.7. The van der Waals surface area contributed by atoms with Gasteiger partial charge in [0.2, 0.25) is 0 Å². The summed E-state index contributed by atoms with van der Waals surface area (Å²) in [7, 11) is 0. The molecule has 1 aliphatic heterocycles. The van der Waals surface area contributed by atoms with Crippen LogP contribution in [0, 0.1) is 6.92 Å². The van der Waals surface area contributed by atoms with Crippen molar-refractivity contribution in [2.24, 2.45) is 0 Å². The molecule has 1 unspecified atom stereocenters. The Hall–Kier alpha value is -1.49. The summed E-state index contributed by atoms with van der Waals surface area (Å²) in [5.74, 6) is 1.19. The molecule has 1 heterocycles. The largest absolute Gasteiger partial charge is 0.323 e. The van der Waals surface area contributed by atoms with E-state index >= 15 is 0 Å². The third kappa shape index (κ3) is 5.31. The van der Waals surface area contributed by atoms with Crippen LogP contribution in [0.15, 0.2) is 48.5 Å². The fraction of sp³-hybridized carbons (Fsp3) is 0.435. The predicted molar refractivity (Wildman–Crippen MR) is 119 cm³/mol. The van der Waals surface area contributed by atoms with Gasteiger partial charge in [-0.3, -0.25) is 4.79 Å². The van der Waals surface area contributed by atoms with Gasteiger partial charge in [-0.25, -0.2) is 0 Å². The smallest absolute Gasteiger partial charge is 0.278 e. The van der Waals surface area contributed by atoms with E-state index in [1.807, 2.05) is 40.9 Å². The molecule has 5 heteroatoms. The van der Waals surface area contributed by atoms with Crippen molar-refractivity contribution < 1.29 is 9.69 Å². The number of hydrogen-bond donors (Lipinski definition) is 1. The number of unbranched alkanes of at least 4 members (excludes halogenated alkanes) is 1. The highest BCUT2D eigenvalue weighted by molar-refractivity contribution is 7.99. The minimum absolute atomic E-state index is 0.0343. The van der Waals surface area contributed by atoms with Gasteiger partial charge >= 0.3 is 0 Å². The highest BCUT2D eigenvalue weighted by Crippen LogP contribution is 2.40. The van der Waals surface area contributed by atoms with Gasteiger partial charge in [-0.05, 0) is 25.0 Å². The van der Waals surface area contributed by atoms with Crippen molar-refractivity contribution in [3.63, 3.8) is 0 Å². The van der Waals surface area contributed by atoms with Gasteiger partial charge in [-0.15, -0.1) is 11.8 Å². The second-order valence-corrected chi connectivity index (χ2v) is 9.06. The first kappa shape index (κ1) is 21.2. The molecule has 1 fully saturated rings. The summed E-state index contributed by atoms with van der Waals surface area (Å²) in [5.41, 5.74) is 3.68. The van der Waals surface area contributed by atoms with Crippen LogP contribution < -0.4 is 4.90 Å². The fourth-order valence-electron chi connectivity index (χ4n) is 3.72. The molecule has 0 aliphatic carbocycles. The maximum Gasteiger partial charge on any atom is 0.278 e. The Morgan fingerprint density at radius 2 is 1.96 bits per heavy atom. The molecule has 2 atom stereocenters. The first-order valence-corrected chi connectivity index (χ1v) is 11.6. The van der Waals surface area contributed by atoms with E-state index in [4.69, 9.17) is 11.6 Å². The van der Waals surface area contributed by atoms with Crippen LogP contribution in [0.3, 0.4) is 0 Å². The van der Waals surface area contributed by atoms with Crippen LogP contribution in [0.1, 0.15) is 41.8 Å². The van der Waals surface area contributed by atoms with Crippen LogP contribution in [0.4, 0.5) is 0 Å². The standard InChI is InChI=1S/C23H29ClN2OS/c1-3-4-13-25(16-19-10-6-5-9-18(19)2)17-22(27)26-14-15-28-23(26)20-11-7-8-12-21(20)24/h5-12,23H,3-4,13-17H2,1-2H3/p+1/t23-/m0/s1. The summed E-state index contributed by atoms with van der Waals surface area (Å²) in [6.07, 6.45) is 2.28. The topological polar surface area (TPSA) is 24.8 Å². The Labute approximate surface area is 178 Å². The van der Waals surface area contributed by atoms with Crippen molar-refractivity contribution in [1.29, 1.82) is 0 Å². The zero-order chi connectivity index (χ0) is 19.9. The number of nitrogens with zero attached hydrogens (tertiary/aromatic N) is 1. The molecule has 1 N–H and O–H groups in total. The maximum absolute atomic E-state index is 13.2. The van der Waals surface area contributed by atoms with Gasteiger partial charge in [-0.1, -0.05) is 67.4 Å². The second kappa shape index (κ2) is 10.3. The lowest BCUT2D eigenvalue weighted by Crippen LogP contribution is -3.12. The zero-order valence-electron chi connectivity index (χ0n) is 16.8. The molecule has 1 saturated heterocycles. The van der Waals surface area contributed by atoms with Crippen molar-refractivity contribution in [3.05, 3.63) is 70.2 Å². The minimum atomic E-state index is 0.0343. The summed E-state index contributed by atoms with van der Waals surface area (Å²) >= 11 is 8.23. The van der Waals surface area contributed by atoms with Gasteiger partial charge in [0.25, 0.3) is 5.91 Å². The highest BCUT2D eigenvalue weighted by atomic mass is 35.5. The minimum Gasteiger partial charge on any atom is -0.323 e. The number of quaternary nitrogens is 1. The molecular formula is C23H30ClN2OS+. The molecule has 0 aromatic heterocycles. The predicted octanol–water partition coefficient (Wildman–Crippen LogP) is 4.11. The third-order valence-electron chi connectivity index (χ3n) is 5.37. The number of aryl methyl sites for hydroxylation is 1. The average molecular weight is 418 g/mol. The van der Waals surface area contributed by atoms with Gasteiger partial charge in [0, 0.05) is 28.4 Å². The number of rotatable bonds is 8. The Balaban J connectivity index is 1.71. The monoisotopic (exact) mass is 417 g/mol. The van der Waals surface area contributed by atoms with E-state index in [1.165, 1.54) is 16.0 Å². The van der Waals surface area contributed by atoms with E-state index in [0.29, 0.717) is 6.54 Å². The van der Waals surface area contributed by atoms with Crippen molar-refractivity contribution in [2.75, 3.05) is 25.4 Å². The lowest BCUT2D eigenvalue weighted by Gasteiger charge is -2.27. The van der Waals surface area contributed by atoms with Crippen molar-refractivity contribution in [1.82, 2.24) is 4.90 Å². The molecule has 1 amide bonds. The van der Waals surface area contributed by atoms with Gasteiger partial charge in [-0.2, -0.15) is 0 Å². The van der Waals surface area contributed by atoms with Crippen molar-refractivity contribution in [3.8, 4) is 0 Å². The van der Waals surface area contributed by atoms with Crippen LogP contribution in [-0.4, -0.2) is 36.2 Å². The van der Waals surface area contributed by atoms with Gasteiger partial charge in [0.05, 0.1) is 6.54 Å². The van der Waals surface area contributed by atoms with Crippen LogP contribution in [0.2, 0.25) is 5.02 Å². The quantitative estimate of drug-likeness (QED) is 0.699. The number of carbonyl (C=O) groups is 1. The van der Waals surface area contributed by atoms with Gasteiger partial charge < -0.3 is 9.80 Å². The molecule has 3 nitrogen and oxygen atoms in total. The molecule has 28 heavy (non-hydrogen) atoms. The molecule has 0 spiro atoms. The van der Waals surface area contributed by atoms with Crippen LogP contribution >= 0.6 is 23.4 Å². The number of amides is 1. The highest BCUT2D eigenvalue weighted by Gasteiger charge is 2.33. The molecule has 1 aliphatic rings. The Bertz CT molecular complexity index is 798. The number of thioether (sulfide) groups is 1. The molecule has 0 radical (unpaired) electrons. The van der Waals surface area contributed by atoms with Crippen LogP contribution in [-0.2, 0) is 11.3 Å². The number of benzene rings is 2. The average Bonchev–Trinajstić information content (AvgIpc) is 3.18. The van der Waals surface area contributed by atoms with Crippen molar-refractivity contribution in [2.45, 2.75) is 38.6 Å². The Kier molecular flexibility index (Phi) is 7.83.